The number of nitrogens with zero attached hydrogens (tertiary/aromatic N) is 1. The molecule has 1 aromatic heterocycles. The van der Waals surface area contributed by atoms with Crippen LogP contribution in [0.5, 0.6) is 0 Å². The molecular formula is C19H16N2O2. The third-order valence-corrected chi connectivity index (χ3v) is 4.02. The quantitative estimate of drug-likeness (QED) is 0.797. The van der Waals surface area contributed by atoms with Crippen molar-refractivity contribution in [1.29, 1.82) is 0 Å². The maximum absolute atomic E-state index is 11.5. The van der Waals surface area contributed by atoms with Crippen molar-refractivity contribution < 1.29 is 9.21 Å². The number of hydrogen-bond acceptors (Lipinski definition) is 3. The van der Waals surface area contributed by atoms with Gasteiger partial charge in [0.15, 0.2) is 5.76 Å². The molecule has 0 saturated carbocycles. The summed E-state index contributed by atoms with van der Waals surface area (Å²) in [7, 11) is 0. The number of aromatic nitrogens is 1. The van der Waals surface area contributed by atoms with Gasteiger partial charge in [0, 0.05) is 17.5 Å². The Morgan fingerprint density at radius 3 is 2.22 bits per heavy atom. The van der Waals surface area contributed by atoms with Gasteiger partial charge in [-0.2, -0.15) is 0 Å². The van der Waals surface area contributed by atoms with Gasteiger partial charge >= 0.3 is 0 Å². The number of benzene rings is 2. The molecule has 0 radical (unpaired) electrons. The van der Waals surface area contributed by atoms with Crippen molar-refractivity contribution in [2.45, 2.75) is 18.9 Å². The maximum atomic E-state index is 11.5. The number of nitrogens with one attached hydrogen (secondary N) is 1. The summed E-state index contributed by atoms with van der Waals surface area (Å²) >= 11 is 0. The van der Waals surface area contributed by atoms with Gasteiger partial charge in [-0.05, 0) is 6.42 Å². The molecule has 114 valence electrons. The number of hydrogen-bond donors (Lipinski definition) is 1. The van der Waals surface area contributed by atoms with Crippen LogP contribution < -0.4 is 5.32 Å². The standard InChI is InChI=1S/C19H16N2O2/c22-16-12-11-15(20-16)19-21-17(13-7-3-1-4-8-13)18(23-19)14-9-5-2-6-10-14/h1-10,15H,11-12H2,(H,20,22). The van der Waals surface area contributed by atoms with Crippen molar-refractivity contribution in [3.8, 4) is 22.6 Å². The Bertz CT molecular complexity index is 768. The molecule has 0 bridgehead atoms. The van der Waals surface area contributed by atoms with Crippen LogP contribution in [-0.4, -0.2) is 10.9 Å². The molecule has 1 fully saturated rings. The fraction of sp³-hybridized carbons (Fsp3) is 0.158. The fourth-order valence-electron chi connectivity index (χ4n) is 2.86. The number of carbonyl (C=O) groups is 1. The minimum absolute atomic E-state index is 0.0516. The van der Waals surface area contributed by atoms with Crippen molar-refractivity contribution in [3.63, 3.8) is 0 Å². The van der Waals surface area contributed by atoms with Gasteiger partial charge < -0.3 is 9.73 Å². The molecule has 23 heavy (non-hydrogen) atoms. The number of carbonyl (C=O) groups excluding carboxylic acids is 1. The second-order valence-electron chi connectivity index (χ2n) is 5.62. The van der Waals surface area contributed by atoms with Gasteiger partial charge in [0.2, 0.25) is 11.8 Å². The topological polar surface area (TPSA) is 55.1 Å². The maximum Gasteiger partial charge on any atom is 0.220 e. The molecule has 0 aliphatic carbocycles. The van der Waals surface area contributed by atoms with Crippen molar-refractivity contribution in [3.05, 3.63) is 66.6 Å². The van der Waals surface area contributed by atoms with E-state index in [-0.39, 0.29) is 11.9 Å². The summed E-state index contributed by atoms with van der Waals surface area (Å²) in [5.41, 5.74) is 2.80. The van der Waals surface area contributed by atoms with Crippen LogP contribution in [0, 0.1) is 0 Å². The second-order valence-corrected chi connectivity index (χ2v) is 5.62. The minimum Gasteiger partial charge on any atom is -0.438 e. The molecule has 3 aromatic rings. The predicted molar refractivity (Wildman–Crippen MR) is 87.5 cm³/mol. The SMILES string of the molecule is O=C1CCC(c2nc(-c3ccccc3)c(-c3ccccc3)o2)N1. The molecule has 4 rings (SSSR count). The molecule has 1 unspecified atom stereocenters. The first-order valence-corrected chi connectivity index (χ1v) is 7.72. The van der Waals surface area contributed by atoms with Crippen LogP contribution >= 0.6 is 0 Å². The Morgan fingerprint density at radius 2 is 1.61 bits per heavy atom. The molecule has 4 nitrogen and oxygen atoms in total. The largest absolute Gasteiger partial charge is 0.438 e. The summed E-state index contributed by atoms with van der Waals surface area (Å²) < 4.78 is 6.06. The highest BCUT2D eigenvalue weighted by atomic mass is 16.4. The van der Waals surface area contributed by atoms with E-state index < -0.39 is 0 Å². The molecule has 1 N–H and O–H groups in total. The van der Waals surface area contributed by atoms with Crippen LogP contribution in [0.25, 0.3) is 22.6 Å². The lowest BCUT2D eigenvalue weighted by Gasteiger charge is -2.03. The van der Waals surface area contributed by atoms with Gasteiger partial charge in [-0.25, -0.2) is 4.98 Å². The lowest BCUT2D eigenvalue weighted by Crippen LogP contribution is -2.18. The smallest absolute Gasteiger partial charge is 0.220 e. The molecule has 0 spiro atoms. The lowest BCUT2D eigenvalue weighted by molar-refractivity contribution is -0.119. The minimum atomic E-state index is -0.137. The zero-order valence-electron chi connectivity index (χ0n) is 12.5. The van der Waals surface area contributed by atoms with E-state index in [9.17, 15) is 4.79 Å². The number of rotatable bonds is 3. The van der Waals surface area contributed by atoms with Gasteiger partial charge in [-0.1, -0.05) is 60.7 Å². The predicted octanol–water partition coefficient (Wildman–Crippen LogP) is 3.96. The Hall–Kier alpha value is -2.88. The van der Waals surface area contributed by atoms with Crippen molar-refractivity contribution in [2.75, 3.05) is 0 Å². The number of amides is 1. The van der Waals surface area contributed by atoms with Crippen LogP contribution in [0.1, 0.15) is 24.8 Å². The number of oxazole rings is 1. The third-order valence-electron chi connectivity index (χ3n) is 4.02. The van der Waals surface area contributed by atoms with E-state index in [1.54, 1.807) is 0 Å². The third kappa shape index (κ3) is 2.63. The van der Waals surface area contributed by atoms with Crippen LogP contribution in [0.15, 0.2) is 65.1 Å². The highest BCUT2D eigenvalue weighted by Gasteiger charge is 2.28. The van der Waals surface area contributed by atoms with Crippen molar-refractivity contribution in [1.82, 2.24) is 10.3 Å². The zero-order valence-corrected chi connectivity index (χ0v) is 12.5. The van der Waals surface area contributed by atoms with Crippen LogP contribution in [0.2, 0.25) is 0 Å². The summed E-state index contributed by atoms with van der Waals surface area (Å²) in [6.45, 7) is 0. The molecular weight excluding hydrogens is 288 g/mol. The highest BCUT2D eigenvalue weighted by Crippen LogP contribution is 2.35. The van der Waals surface area contributed by atoms with Crippen molar-refractivity contribution in [2.24, 2.45) is 0 Å². The highest BCUT2D eigenvalue weighted by molar-refractivity contribution is 5.79. The van der Waals surface area contributed by atoms with Gasteiger partial charge in [-0.15, -0.1) is 0 Å². The first kappa shape index (κ1) is 13.8. The van der Waals surface area contributed by atoms with E-state index in [2.05, 4.69) is 5.32 Å². The summed E-state index contributed by atoms with van der Waals surface area (Å²) in [6, 6.07) is 19.8. The van der Waals surface area contributed by atoms with E-state index in [1.807, 2.05) is 60.7 Å². The molecule has 2 aromatic carbocycles. The molecule has 1 saturated heterocycles. The van der Waals surface area contributed by atoms with Gasteiger partial charge in [0.1, 0.15) is 11.7 Å². The Morgan fingerprint density at radius 1 is 0.957 bits per heavy atom. The lowest BCUT2D eigenvalue weighted by atomic mass is 10.1. The molecule has 2 heterocycles. The van der Waals surface area contributed by atoms with E-state index >= 15 is 0 Å². The summed E-state index contributed by atoms with van der Waals surface area (Å²) in [5.74, 6) is 1.37. The van der Waals surface area contributed by atoms with E-state index in [1.165, 1.54) is 0 Å². The van der Waals surface area contributed by atoms with Gasteiger partial charge in [-0.3, -0.25) is 4.79 Å². The summed E-state index contributed by atoms with van der Waals surface area (Å²) in [5, 5.41) is 2.92. The van der Waals surface area contributed by atoms with Gasteiger partial charge in [0.25, 0.3) is 0 Å². The Balaban J connectivity index is 1.83. The zero-order chi connectivity index (χ0) is 15.6. The fourth-order valence-corrected chi connectivity index (χ4v) is 2.86. The van der Waals surface area contributed by atoms with Crippen LogP contribution in [0.4, 0.5) is 0 Å². The molecule has 1 amide bonds. The monoisotopic (exact) mass is 304 g/mol. The average molecular weight is 304 g/mol. The first-order chi connectivity index (χ1) is 11.3. The van der Waals surface area contributed by atoms with E-state index in [4.69, 9.17) is 9.40 Å². The Kier molecular flexibility index (Phi) is 3.42. The van der Waals surface area contributed by atoms with Crippen LogP contribution in [-0.2, 0) is 4.79 Å². The van der Waals surface area contributed by atoms with Crippen molar-refractivity contribution >= 4 is 5.91 Å². The van der Waals surface area contributed by atoms with Crippen LogP contribution in [0.3, 0.4) is 0 Å². The second kappa shape index (κ2) is 5.72. The average Bonchev–Trinajstić information content (AvgIpc) is 3.23. The van der Waals surface area contributed by atoms with E-state index in [0.29, 0.717) is 12.3 Å². The first-order valence-electron chi connectivity index (χ1n) is 7.72. The summed E-state index contributed by atoms with van der Waals surface area (Å²) in [4.78, 5) is 16.2. The van der Waals surface area contributed by atoms with E-state index in [0.717, 1.165) is 29.0 Å². The molecule has 1 aliphatic rings. The Labute approximate surface area is 134 Å². The molecule has 4 heteroatoms. The molecule has 1 aliphatic heterocycles. The normalized spacial score (nSPS) is 17.2. The summed E-state index contributed by atoms with van der Waals surface area (Å²) in [6.07, 6.45) is 1.25. The molecule has 1 atom stereocenters. The van der Waals surface area contributed by atoms with Gasteiger partial charge in [0.05, 0.1) is 0 Å².